The number of aliphatic hydroxyl groups excluding tert-OH is 1. The number of hydrogen-bond acceptors (Lipinski definition) is 8. The maximum Gasteiger partial charge on any atom is 0.350 e. The number of nitrogens with zero attached hydrogens (tertiary/aromatic N) is 2. The summed E-state index contributed by atoms with van der Waals surface area (Å²) in [6.45, 7) is 5.49. The number of halogens is 2. The second kappa shape index (κ2) is 10.8. The van der Waals surface area contributed by atoms with E-state index in [1.807, 2.05) is 0 Å². The zero-order valence-electron chi connectivity index (χ0n) is 19.7. The summed E-state index contributed by atoms with van der Waals surface area (Å²) in [7, 11) is 1.23. The number of ketones is 1. The summed E-state index contributed by atoms with van der Waals surface area (Å²) in [6, 6.07) is 9.91. The van der Waals surface area contributed by atoms with Gasteiger partial charge in [-0.25, -0.2) is 9.78 Å². The van der Waals surface area contributed by atoms with Crippen molar-refractivity contribution >= 4 is 63.1 Å². The number of carbonyl (C=O) groups is 3. The van der Waals surface area contributed by atoms with Gasteiger partial charge in [-0.3, -0.25) is 14.5 Å². The van der Waals surface area contributed by atoms with E-state index in [1.165, 1.54) is 19.2 Å². The summed E-state index contributed by atoms with van der Waals surface area (Å²) in [4.78, 5) is 44.5. The minimum absolute atomic E-state index is 0.0864. The second-order valence-corrected chi connectivity index (χ2v) is 9.66. The van der Waals surface area contributed by atoms with E-state index >= 15 is 0 Å². The standard InChI is InChI=1S/C26H20Cl2N2O6S/c1-4-11-36-16-8-5-14(6-9-16)21(31)19-20(15-7-10-17(27)18(28)12-15)30(24(33)22(19)32)26-29-13(2)23(37-26)25(34)35-3/h4-10,12,20,31H,1,11H2,2-3H3/b21-19+. The third-order valence-corrected chi connectivity index (χ3v) is 7.44. The molecule has 2 aromatic carbocycles. The van der Waals surface area contributed by atoms with E-state index in [0.717, 1.165) is 16.2 Å². The molecule has 0 saturated carbocycles. The van der Waals surface area contributed by atoms with Crippen LogP contribution in [0.4, 0.5) is 5.13 Å². The number of amides is 1. The monoisotopic (exact) mass is 558 g/mol. The van der Waals surface area contributed by atoms with E-state index in [9.17, 15) is 19.5 Å². The van der Waals surface area contributed by atoms with Crippen LogP contribution >= 0.6 is 34.5 Å². The highest BCUT2D eigenvalue weighted by Crippen LogP contribution is 2.45. The topological polar surface area (TPSA) is 106 Å². The molecule has 1 fully saturated rings. The van der Waals surface area contributed by atoms with Crippen molar-refractivity contribution in [1.29, 1.82) is 0 Å². The van der Waals surface area contributed by atoms with Crippen molar-refractivity contribution in [2.45, 2.75) is 13.0 Å². The average Bonchev–Trinajstić information content (AvgIpc) is 3.40. The van der Waals surface area contributed by atoms with Crippen LogP contribution in [-0.2, 0) is 14.3 Å². The Morgan fingerprint density at radius 1 is 1.19 bits per heavy atom. The molecular formula is C26H20Cl2N2O6S. The molecule has 1 atom stereocenters. The zero-order valence-corrected chi connectivity index (χ0v) is 22.0. The highest BCUT2D eigenvalue weighted by Gasteiger charge is 2.48. The van der Waals surface area contributed by atoms with Crippen LogP contribution in [0.5, 0.6) is 5.75 Å². The Morgan fingerprint density at radius 3 is 2.51 bits per heavy atom. The Kier molecular flexibility index (Phi) is 7.68. The normalized spacial score (nSPS) is 16.6. The number of carbonyl (C=O) groups excluding carboxylic acids is 3. The van der Waals surface area contributed by atoms with Gasteiger partial charge in [-0.15, -0.1) is 0 Å². The lowest BCUT2D eigenvalue weighted by Gasteiger charge is -2.23. The fourth-order valence-electron chi connectivity index (χ4n) is 3.81. The van der Waals surface area contributed by atoms with Crippen LogP contribution in [0.25, 0.3) is 5.76 Å². The van der Waals surface area contributed by atoms with Gasteiger partial charge in [0.15, 0.2) is 5.13 Å². The zero-order chi connectivity index (χ0) is 26.9. The minimum atomic E-state index is -1.09. The van der Waals surface area contributed by atoms with Crippen LogP contribution in [0.15, 0.2) is 60.7 Å². The third kappa shape index (κ3) is 4.98. The van der Waals surface area contributed by atoms with Gasteiger partial charge in [-0.05, 0) is 48.9 Å². The fourth-order valence-corrected chi connectivity index (χ4v) is 5.13. The second-order valence-electron chi connectivity index (χ2n) is 7.87. The van der Waals surface area contributed by atoms with E-state index in [2.05, 4.69) is 11.6 Å². The number of aliphatic hydroxyl groups is 1. The van der Waals surface area contributed by atoms with Gasteiger partial charge >= 0.3 is 11.9 Å². The van der Waals surface area contributed by atoms with E-state index in [1.54, 1.807) is 43.3 Å². The highest BCUT2D eigenvalue weighted by molar-refractivity contribution is 7.17. The molecule has 1 aliphatic heterocycles. The van der Waals surface area contributed by atoms with Crippen LogP contribution in [-0.4, -0.2) is 41.5 Å². The summed E-state index contributed by atoms with van der Waals surface area (Å²) in [5.74, 6) is -2.33. The highest BCUT2D eigenvalue weighted by atomic mass is 35.5. The molecule has 2 heterocycles. The lowest BCUT2D eigenvalue weighted by atomic mass is 9.95. The van der Waals surface area contributed by atoms with E-state index in [0.29, 0.717) is 29.2 Å². The maximum atomic E-state index is 13.3. The number of hydrogen-bond donors (Lipinski definition) is 1. The maximum absolute atomic E-state index is 13.3. The lowest BCUT2D eigenvalue weighted by molar-refractivity contribution is -0.132. The minimum Gasteiger partial charge on any atom is -0.507 e. The summed E-state index contributed by atoms with van der Waals surface area (Å²) in [5, 5.41) is 11.8. The smallest absolute Gasteiger partial charge is 0.350 e. The summed E-state index contributed by atoms with van der Waals surface area (Å²) >= 11 is 13.3. The number of thiazole rings is 1. The quantitative estimate of drug-likeness (QED) is 0.129. The molecule has 1 aromatic heterocycles. The first kappa shape index (κ1) is 26.4. The van der Waals surface area contributed by atoms with Gasteiger partial charge < -0.3 is 14.6 Å². The van der Waals surface area contributed by atoms with Crippen LogP contribution in [0.2, 0.25) is 10.0 Å². The van der Waals surface area contributed by atoms with Crippen molar-refractivity contribution in [2.75, 3.05) is 18.6 Å². The number of aromatic nitrogens is 1. The van der Waals surface area contributed by atoms with Crippen LogP contribution in [0, 0.1) is 6.92 Å². The fraction of sp³-hybridized carbons (Fsp3) is 0.154. The predicted octanol–water partition coefficient (Wildman–Crippen LogP) is 5.74. The van der Waals surface area contributed by atoms with Crippen LogP contribution < -0.4 is 9.64 Å². The summed E-state index contributed by atoms with van der Waals surface area (Å²) in [6.07, 6.45) is 1.60. The Hall–Kier alpha value is -3.66. The van der Waals surface area contributed by atoms with Crippen LogP contribution in [0.3, 0.4) is 0 Å². The Morgan fingerprint density at radius 2 is 1.89 bits per heavy atom. The molecule has 0 radical (unpaired) electrons. The van der Waals surface area contributed by atoms with E-state index in [4.69, 9.17) is 32.7 Å². The van der Waals surface area contributed by atoms with Gasteiger partial charge in [0.05, 0.1) is 34.5 Å². The Bertz CT molecular complexity index is 1450. The van der Waals surface area contributed by atoms with E-state index in [-0.39, 0.29) is 25.6 Å². The van der Waals surface area contributed by atoms with Crippen molar-refractivity contribution in [3.63, 3.8) is 0 Å². The molecule has 0 spiro atoms. The van der Waals surface area contributed by atoms with Gasteiger partial charge in [0.2, 0.25) is 0 Å². The van der Waals surface area contributed by atoms with Crippen LogP contribution in [0.1, 0.15) is 32.5 Å². The third-order valence-electron chi connectivity index (χ3n) is 5.56. The number of aryl methyl sites for hydroxylation is 1. The molecule has 4 rings (SSSR count). The first-order valence-electron chi connectivity index (χ1n) is 10.8. The molecule has 3 aromatic rings. The molecule has 1 aliphatic rings. The SMILES string of the molecule is C=CCOc1ccc(/C(O)=C2\C(=O)C(=O)N(c3nc(C)c(C(=O)OC)s3)C2c2ccc(Cl)c(Cl)c2)cc1. The largest absolute Gasteiger partial charge is 0.507 e. The van der Waals surface area contributed by atoms with Crippen molar-refractivity contribution < 1.29 is 29.0 Å². The Balaban J connectivity index is 1.89. The predicted molar refractivity (Wildman–Crippen MR) is 142 cm³/mol. The lowest BCUT2D eigenvalue weighted by Crippen LogP contribution is -2.29. The molecule has 37 heavy (non-hydrogen) atoms. The first-order chi connectivity index (χ1) is 17.7. The molecular weight excluding hydrogens is 539 g/mol. The van der Waals surface area contributed by atoms with Crippen molar-refractivity contribution in [2.24, 2.45) is 0 Å². The first-order valence-corrected chi connectivity index (χ1v) is 12.4. The van der Waals surface area contributed by atoms with E-state index < -0.39 is 29.5 Å². The summed E-state index contributed by atoms with van der Waals surface area (Å²) < 4.78 is 10.3. The number of Topliss-reactive ketones (excluding diaryl/α,β-unsaturated/α-hetero) is 1. The van der Waals surface area contributed by atoms with Gasteiger partial charge in [0.1, 0.15) is 23.0 Å². The number of benzene rings is 2. The molecule has 0 bridgehead atoms. The molecule has 1 unspecified atom stereocenters. The number of methoxy groups -OCH3 is 1. The molecule has 1 saturated heterocycles. The molecule has 1 amide bonds. The van der Waals surface area contributed by atoms with Gasteiger partial charge in [-0.2, -0.15) is 0 Å². The number of rotatable bonds is 7. The molecule has 0 aliphatic carbocycles. The van der Waals surface area contributed by atoms with Crippen molar-refractivity contribution in [3.05, 3.63) is 92.4 Å². The van der Waals surface area contributed by atoms with Crippen molar-refractivity contribution in [3.8, 4) is 5.75 Å². The van der Waals surface area contributed by atoms with Gasteiger partial charge in [0.25, 0.3) is 5.78 Å². The Labute approximate surface area is 226 Å². The van der Waals surface area contributed by atoms with Gasteiger partial charge in [0, 0.05) is 5.56 Å². The number of anilines is 1. The number of esters is 1. The molecule has 11 heteroatoms. The van der Waals surface area contributed by atoms with Gasteiger partial charge in [-0.1, -0.05) is 53.3 Å². The molecule has 190 valence electrons. The van der Waals surface area contributed by atoms with Crippen molar-refractivity contribution in [1.82, 2.24) is 4.98 Å². The summed E-state index contributed by atoms with van der Waals surface area (Å²) in [5.41, 5.74) is 0.862. The molecule has 1 N–H and O–H groups in total. The average molecular weight is 559 g/mol. The molecule has 8 nitrogen and oxygen atoms in total. The number of ether oxygens (including phenoxy) is 2.